The predicted molar refractivity (Wildman–Crippen MR) is 59.6 cm³/mol. The maximum atomic E-state index is 13.2. The summed E-state index contributed by atoms with van der Waals surface area (Å²) in [6, 6.07) is 7.29. The summed E-state index contributed by atoms with van der Waals surface area (Å²) in [5.41, 5.74) is 1.15. The van der Waals surface area contributed by atoms with Gasteiger partial charge in [0.15, 0.2) is 0 Å². The Morgan fingerprint density at radius 1 is 1.50 bits per heavy atom. The van der Waals surface area contributed by atoms with Crippen LogP contribution in [-0.2, 0) is 10.3 Å². The van der Waals surface area contributed by atoms with Crippen LogP contribution < -0.4 is 0 Å². The quantitative estimate of drug-likeness (QED) is 0.565. The van der Waals surface area contributed by atoms with Gasteiger partial charge in [0.25, 0.3) is 0 Å². The highest BCUT2D eigenvalue weighted by Gasteiger charge is 2.38. The van der Waals surface area contributed by atoms with E-state index in [-0.39, 0.29) is 0 Å². The lowest BCUT2D eigenvalue weighted by atomic mass is 9.72. The van der Waals surface area contributed by atoms with Gasteiger partial charge >= 0.3 is 0 Å². The number of carbonyl (C=O) groups excluding carboxylic acids is 1. The molecule has 1 unspecified atom stereocenters. The number of alkyl halides is 1. The first kappa shape index (κ1) is 11.0. The van der Waals surface area contributed by atoms with Crippen LogP contribution in [0.4, 0.5) is 4.39 Å². The van der Waals surface area contributed by atoms with Crippen molar-refractivity contribution in [2.75, 3.05) is 0 Å². The first-order valence-corrected chi connectivity index (χ1v) is 5.51. The number of isocyanates is 1. The zero-order chi connectivity index (χ0) is 11.6. The number of hydrogen-bond acceptors (Lipinski definition) is 2. The minimum Gasteiger partial charge on any atom is -0.243 e. The monoisotopic (exact) mass is 219 g/mol. The van der Waals surface area contributed by atoms with E-state index in [9.17, 15) is 9.18 Å². The van der Waals surface area contributed by atoms with Crippen molar-refractivity contribution in [3.63, 3.8) is 0 Å². The van der Waals surface area contributed by atoms with Crippen LogP contribution in [0.1, 0.15) is 43.5 Å². The zero-order valence-electron chi connectivity index (χ0n) is 9.24. The molecule has 3 heteroatoms. The van der Waals surface area contributed by atoms with Gasteiger partial charge in [0, 0.05) is 0 Å². The molecule has 0 spiro atoms. The number of aliphatic imine (C=N–C) groups is 1. The van der Waals surface area contributed by atoms with E-state index in [1.54, 1.807) is 12.1 Å². The van der Waals surface area contributed by atoms with E-state index in [1.165, 1.54) is 6.92 Å². The third-order valence-electron chi connectivity index (χ3n) is 3.32. The summed E-state index contributed by atoms with van der Waals surface area (Å²) < 4.78 is 13.2. The molecule has 1 atom stereocenters. The molecule has 0 radical (unpaired) electrons. The van der Waals surface area contributed by atoms with E-state index < -0.39 is 11.7 Å². The van der Waals surface area contributed by atoms with E-state index in [1.807, 2.05) is 18.2 Å². The molecule has 84 valence electrons. The van der Waals surface area contributed by atoms with Gasteiger partial charge in [0.1, 0.15) is 6.17 Å². The molecular formula is C13H14FNO. The fraction of sp³-hybridized carbons (Fsp3) is 0.462. The molecule has 0 N–H and O–H groups in total. The first-order chi connectivity index (χ1) is 7.68. The molecule has 16 heavy (non-hydrogen) atoms. The van der Waals surface area contributed by atoms with Crippen LogP contribution in [0, 0.1) is 0 Å². The lowest BCUT2D eigenvalue weighted by molar-refractivity contribution is 0.255. The van der Waals surface area contributed by atoms with Gasteiger partial charge in [0.05, 0.1) is 5.54 Å². The molecule has 1 aliphatic carbocycles. The Morgan fingerprint density at radius 2 is 2.25 bits per heavy atom. The van der Waals surface area contributed by atoms with Crippen molar-refractivity contribution in [1.29, 1.82) is 0 Å². The number of benzene rings is 1. The lowest BCUT2D eigenvalue weighted by Gasteiger charge is -2.37. The van der Waals surface area contributed by atoms with E-state index in [4.69, 9.17) is 0 Å². The van der Waals surface area contributed by atoms with Crippen LogP contribution >= 0.6 is 0 Å². The number of halogens is 1. The zero-order valence-corrected chi connectivity index (χ0v) is 9.24. The van der Waals surface area contributed by atoms with Crippen LogP contribution in [-0.4, -0.2) is 6.08 Å². The average Bonchev–Trinajstić information content (AvgIpc) is 2.23. The average molecular weight is 219 g/mol. The number of rotatable bonds is 3. The standard InChI is InChI=1S/C13H14FNO/c1-10(14)11-4-2-5-12(8-11)13(15-9-16)6-3-7-13/h2,4-5,8,10H,3,6-7H2,1H3. The molecule has 2 rings (SSSR count). The molecule has 1 aromatic carbocycles. The molecule has 1 aromatic rings. The Labute approximate surface area is 94.2 Å². The summed E-state index contributed by atoms with van der Waals surface area (Å²) in [6.45, 7) is 1.51. The summed E-state index contributed by atoms with van der Waals surface area (Å²) >= 11 is 0. The second-order valence-corrected chi connectivity index (χ2v) is 4.33. The summed E-state index contributed by atoms with van der Waals surface area (Å²) in [7, 11) is 0. The second kappa shape index (κ2) is 4.18. The van der Waals surface area contributed by atoms with E-state index >= 15 is 0 Å². The Hall–Kier alpha value is -1.47. The largest absolute Gasteiger partial charge is 0.243 e. The number of nitrogens with zero attached hydrogens (tertiary/aromatic N) is 1. The second-order valence-electron chi connectivity index (χ2n) is 4.33. The van der Waals surface area contributed by atoms with Crippen molar-refractivity contribution in [2.45, 2.75) is 37.9 Å². The van der Waals surface area contributed by atoms with Crippen molar-refractivity contribution >= 4 is 6.08 Å². The van der Waals surface area contributed by atoms with E-state index in [0.29, 0.717) is 5.56 Å². The highest BCUT2D eigenvalue weighted by molar-refractivity contribution is 5.40. The van der Waals surface area contributed by atoms with Crippen molar-refractivity contribution < 1.29 is 9.18 Å². The van der Waals surface area contributed by atoms with Gasteiger partial charge in [-0.2, -0.15) is 4.99 Å². The van der Waals surface area contributed by atoms with Crippen LogP contribution in [0.15, 0.2) is 29.3 Å². The third kappa shape index (κ3) is 1.79. The normalized spacial score (nSPS) is 19.4. The smallest absolute Gasteiger partial charge is 0.235 e. The maximum absolute atomic E-state index is 13.2. The summed E-state index contributed by atoms with van der Waals surface area (Å²) in [5.74, 6) is 0. The van der Waals surface area contributed by atoms with Crippen molar-refractivity contribution in [2.24, 2.45) is 4.99 Å². The molecule has 1 fully saturated rings. The minimum absolute atomic E-state index is 0.424. The van der Waals surface area contributed by atoms with Crippen LogP contribution in [0.3, 0.4) is 0 Å². The fourth-order valence-corrected chi connectivity index (χ4v) is 2.14. The third-order valence-corrected chi connectivity index (χ3v) is 3.32. The summed E-state index contributed by atoms with van der Waals surface area (Å²) in [6.07, 6.45) is 3.41. The Morgan fingerprint density at radius 3 is 2.75 bits per heavy atom. The van der Waals surface area contributed by atoms with Gasteiger partial charge in [-0.3, -0.25) is 0 Å². The molecule has 0 aromatic heterocycles. The predicted octanol–water partition coefficient (Wildman–Crippen LogP) is 3.43. The lowest BCUT2D eigenvalue weighted by Crippen LogP contribution is -2.31. The molecular weight excluding hydrogens is 205 g/mol. The van der Waals surface area contributed by atoms with Crippen molar-refractivity contribution in [1.82, 2.24) is 0 Å². The molecule has 0 aliphatic heterocycles. The van der Waals surface area contributed by atoms with Crippen molar-refractivity contribution in [3.8, 4) is 0 Å². The molecule has 0 amide bonds. The van der Waals surface area contributed by atoms with Crippen LogP contribution in [0.2, 0.25) is 0 Å². The summed E-state index contributed by atoms with van der Waals surface area (Å²) in [4.78, 5) is 14.3. The molecule has 0 saturated heterocycles. The first-order valence-electron chi connectivity index (χ1n) is 5.51. The highest BCUT2D eigenvalue weighted by Crippen LogP contribution is 2.45. The number of hydrogen-bond donors (Lipinski definition) is 0. The molecule has 0 heterocycles. The van der Waals surface area contributed by atoms with Gasteiger partial charge in [-0.15, -0.1) is 0 Å². The molecule has 0 bridgehead atoms. The maximum Gasteiger partial charge on any atom is 0.235 e. The Bertz CT molecular complexity index is 431. The topological polar surface area (TPSA) is 29.4 Å². The van der Waals surface area contributed by atoms with Crippen LogP contribution in [0.25, 0.3) is 0 Å². The SMILES string of the molecule is CC(F)c1cccc(C2(N=C=O)CCC2)c1. The van der Waals surface area contributed by atoms with E-state index in [2.05, 4.69) is 4.99 Å². The van der Waals surface area contributed by atoms with Crippen molar-refractivity contribution in [3.05, 3.63) is 35.4 Å². The van der Waals surface area contributed by atoms with Gasteiger partial charge in [0.2, 0.25) is 6.08 Å². The summed E-state index contributed by atoms with van der Waals surface area (Å²) in [5, 5.41) is 0. The molecule has 2 nitrogen and oxygen atoms in total. The van der Waals surface area contributed by atoms with Gasteiger partial charge in [-0.1, -0.05) is 24.3 Å². The molecule has 1 saturated carbocycles. The minimum atomic E-state index is -0.989. The Kier molecular flexibility index (Phi) is 2.88. The van der Waals surface area contributed by atoms with Crippen LogP contribution in [0.5, 0.6) is 0 Å². The Balaban J connectivity index is 2.39. The van der Waals surface area contributed by atoms with Gasteiger partial charge in [-0.25, -0.2) is 9.18 Å². The van der Waals surface area contributed by atoms with Gasteiger partial charge < -0.3 is 0 Å². The van der Waals surface area contributed by atoms with E-state index in [0.717, 1.165) is 24.8 Å². The molecule has 1 aliphatic rings. The highest BCUT2D eigenvalue weighted by atomic mass is 19.1. The fourth-order valence-electron chi connectivity index (χ4n) is 2.14. The van der Waals surface area contributed by atoms with Gasteiger partial charge in [-0.05, 0) is 37.3 Å².